The van der Waals surface area contributed by atoms with E-state index in [-0.39, 0.29) is 17.1 Å². The number of carbonyl (C=O) groups is 1. The van der Waals surface area contributed by atoms with Crippen LogP contribution < -0.4 is 10.4 Å². The molecule has 1 amide bonds. The lowest BCUT2D eigenvalue weighted by Gasteiger charge is -2.32. The van der Waals surface area contributed by atoms with Crippen molar-refractivity contribution in [1.82, 2.24) is 0 Å². The Kier molecular flexibility index (Phi) is 3.76. The maximum Gasteiger partial charge on any atom is 0.497 e. The van der Waals surface area contributed by atoms with Gasteiger partial charge in [0.15, 0.2) is 0 Å². The van der Waals surface area contributed by atoms with E-state index < -0.39 is 30.0 Å². The van der Waals surface area contributed by atoms with Gasteiger partial charge in [0.25, 0.3) is 0 Å². The van der Waals surface area contributed by atoms with Crippen LogP contribution in [0, 0.1) is 11.6 Å². The van der Waals surface area contributed by atoms with Crippen molar-refractivity contribution < 1.29 is 22.9 Å². The van der Waals surface area contributed by atoms with Crippen LogP contribution in [0.25, 0.3) is 0 Å². The van der Waals surface area contributed by atoms with E-state index in [9.17, 15) is 13.6 Å². The molecule has 23 heavy (non-hydrogen) atoms. The predicted molar refractivity (Wildman–Crippen MR) is 83.7 cm³/mol. The molecule has 2 heterocycles. The minimum atomic E-state index is -0.974. The first-order chi connectivity index (χ1) is 10.6. The first-order valence-electron chi connectivity index (χ1n) is 7.77. The molecular weight excluding hydrogens is 303 g/mol. The van der Waals surface area contributed by atoms with Crippen molar-refractivity contribution in [2.45, 2.75) is 51.7 Å². The van der Waals surface area contributed by atoms with Crippen LogP contribution in [0.3, 0.4) is 0 Å². The molecule has 0 bridgehead atoms. The van der Waals surface area contributed by atoms with Crippen molar-refractivity contribution in [3.05, 3.63) is 23.8 Å². The highest BCUT2D eigenvalue weighted by Crippen LogP contribution is 2.37. The van der Waals surface area contributed by atoms with Gasteiger partial charge in [-0.3, -0.25) is 4.79 Å². The van der Waals surface area contributed by atoms with Crippen LogP contribution in [0.5, 0.6) is 0 Å². The molecular formula is C16H20BF2NO3. The number of hydrogen-bond donors (Lipinski definition) is 0. The maximum atomic E-state index is 14.5. The largest absolute Gasteiger partial charge is 0.497 e. The van der Waals surface area contributed by atoms with Gasteiger partial charge in [-0.05, 0) is 40.2 Å². The Morgan fingerprint density at radius 3 is 2.22 bits per heavy atom. The van der Waals surface area contributed by atoms with Crippen LogP contribution in [0.1, 0.15) is 40.5 Å². The molecule has 0 aliphatic carbocycles. The van der Waals surface area contributed by atoms with Crippen molar-refractivity contribution in [2.24, 2.45) is 0 Å². The first kappa shape index (κ1) is 16.4. The summed E-state index contributed by atoms with van der Waals surface area (Å²) >= 11 is 0. The van der Waals surface area contributed by atoms with Gasteiger partial charge in [0.1, 0.15) is 11.6 Å². The monoisotopic (exact) mass is 323 g/mol. The molecule has 2 aliphatic heterocycles. The van der Waals surface area contributed by atoms with Gasteiger partial charge in [0, 0.05) is 24.5 Å². The first-order valence-corrected chi connectivity index (χ1v) is 7.77. The van der Waals surface area contributed by atoms with E-state index >= 15 is 0 Å². The fourth-order valence-corrected chi connectivity index (χ4v) is 2.81. The molecule has 0 unspecified atom stereocenters. The van der Waals surface area contributed by atoms with E-state index in [2.05, 4.69) is 0 Å². The Morgan fingerprint density at radius 1 is 1.09 bits per heavy atom. The zero-order chi connectivity index (χ0) is 17.0. The van der Waals surface area contributed by atoms with Crippen LogP contribution >= 0.6 is 0 Å². The molecule has 1 aromatic rings. The zero-order valence-electron chi connectivity index (χ0n) is 13.8. The number of rotatable bonds is 2. The van der Waals surface area contributed by atoms with Crippen molar-refractivity contribution in [3.8, 4) is 0 Å². The van der Waals surface area contributed by atoms with Gasteiger partial charge in [0.05, 0.1) is 16.9 Å². The van der Waals surface area contributed by atoms with Gasteiger partial charge in [-0.15, -0.1) is 0 Å². The third-order valence-corrected chi connectivity index (χ3v) is 4.94. The molecule has 0 atom stereocenters. The number of amides is 1. The zero-order valence-corrected chi connectivity index (χ0v) is 13.8. The van der Waals surface area contributed by atoms with Crippen LogP contribution in [0.4, 0.5) is 14.5 Å². The molecule has 0 spiro atoms. The SMILES string of the molecule is CC1(C)OB(c2cc(F)c(N3CCCC3=O)cc2F)OC1(C)C. The standard InChI is InChI=1S/C16H20BF2NO3/c1-15(2)16(3,4)23-17(22-15)10-8-12(19)13(9-11(10)18)20-7-5-6-14(20)21/h8-9H,5-7H2,1-4H3. The fourth-order valence-electron chi connectivity index (χ4n) is 2.81. The summed E-state index contributed by atoms with van der Waals surface area (Å²) in [5, 5.41) is 0. The summed E-state index contributed by atoms with van der Waals surface area (Å²) in [6, 6.07) is 2.12. The van der Waals surface area contributed by atoms with E-state index in [1.165, 1.54) is 4.90 Å². The number of carbonyl (C=O) groups excluding carboxylic acids is 1. The van der Waals surface area contributed by atoms with Crippen molar-refractivity contribution >= 4 is 24.2 Å². The van der Waals surface area contributed by atoms with E-state index in [0.717, 1.165) is 12.1 Å². The minimum Gasteiger partial charge on any atom is -0.399 e. The smallest absolute Gasteiger partial charge is 0.399 e. The normalized spacial score (nSPS) is 23.0. The second kappa shape index (κ2) is 5.28. The van der Waals surface area contributed by atoms with Crippen molar-refractivity contribution in [3.63, 3.8) is 0 Å². The molecule has 7 heteroatoms. The topological polar surface area (TPSA) is 38.8 Å². The summed E-state index contributed by atoms with van der Waals surface area (Å²) in [6.45, 7) is 7.79. The van der Waals surface area contributed by atoms with Gasteiger partial charge in [-0.2, -0.15) is 0 Å². The third-order valence-electron chi connectivity index (χ3n) is 4.94. The van der Waals surface area contributed by atoms with Crippen LogP contribution in [-0.4, -0.2) is 30.8 Å². The summed E-state index contributed by atoms with van der Waals surface area (Å²) in [5.41, 5.74) is -1.28. The van der Waals surface area contributed by atoms with Crippen LogP contribution in [-0.2, 0) is 14.1 Å². The predicted octanol–water partition coefficient (Wildman–Crippen LogP) is 2.39. The van der Waals surface area contributed by atoms with Gasteiger partial charge in [0.2, 0.25) is 5.91 Å². The third kappa shape index (κ3) is 2.66. The van der Waals surface area contributed by atoms with Gasteiger partial charge >= 0.3 is 7.12 Å². The molecule has 3 rings (SSSR count). The van der Waals surface area contributed by atoms with Crippen molar-refractivity contribution in [1.29, 1.82) is 0 Å². The summed E-state index contributed by atoms with van der Waals surface area (Å²) in [4.78, 5) is 13.0. The summed E-state index contributed by atoms with van der Waals surface area (Å²) in [7, 11) is -0.974. The maximum absolute atomic E-state index is 14.5. The summed E-state index contributed by atoms with van der Waals surface area (Å²) in [6.07, 6.45) is 1.01. The number of benzene rings is 1. The highest BCUT2D eigenvalue weighted by atomic mass is 19.1. The van der Waals surface area contributed by atoms with E-state index in [1.54, 1.807) is 0 Å². The second-order valence-electron chi connectivity index (χ2n) is 7.06. The quantitative estimate of drug-likeness (QED) is 0.785. The molecule has 0 N–H and O–H groups in total. The van der Waals surface area contributed by atoms with Crippen LogP contribution in [0.2, 0.25) is 0 Å². The molecule has 0 radical (unpaired) electrons. The lowest BCUT2D eigenvalue weighted by molar-refractivity contribution is -0.117. The Bertz CT molecular complexity index is 647. The number of nitrogens with zero attached hydrogens (tertiary/aromatic N) is 1. The van der Waals surface area contributed by atoms with Crippen molar-refractivity contribution in [2.75, 3.05) is 11.4 Å². The van der Waals surface area contributed by atoms with Gasteiger partial charge < -0.3 is 14.2 Å². The average Bonchev–Trinajstić information content (AvgIpc) is 2.93. The number of anilines is 1. The van der Waals surface area contributed by atoms with E-state index in [4.69, 9.17) is 9.31 Å². The fraction of sp³-hybridized carbons (Fsp3) is 0.562. The average molecular weight is 323 g/mol. The Hall–Kier alpha value is -1.47. The molecule has 2 saturated heterocycles. The lowest BCUT2D eigenvalue weighted by atomic mass is 9.78. The Balaban J connectivity index is 1.94. The van der Waals surface area contributed by atoms with E-state index in [1.807, 2.05) is 27.7 Å². The summed E-state index contributed by atoms with van der Waals surface area (Å²) in [5.74, 6) is -1.47. The molecule has 0 saturated carbocycles. The number of halogens is 2. The minimum absolute atomic E-state index is 0.0107. The molecule has 0 aromatic heterocycles. The molecule has 2 aliphatic rings. The highest BCUT2D eigenvalue weighted by molar-refractivity contribution is 6.62. The van der Waals surface area contributed by atoms with E-state index in [0.29, 0.717) is 19.4 Å². The molecule has 1 aromatic carbocycles. The Labute approximate surface area is 134 Å². The van der Waals surface area contributed by atoms with Crippen LogP contribution in [0.15, 0.2) is 12.1 Å². The second-order valence-corrected chi connectivity index (χ2v) is 7.06. The lowest BCUT2D eigenvalue weighted by Crippen LogP contribution is -2.41. The van der Waals surface area contributed by atoms with Gasteiger partial charge in [-0.1, -0.05) is 0 Å². The molecule has 124 valence electrons. The molecule has 4 nitrogen and oxygen atoms in total. The molecule has 2 fully saturated rings. The Morgan fingerprint density at radius 2 is 1.70 bits per heavy atom. The summed E-state index contributed by atoms with van der Waals surface area (Å²) < 4.78 is 40.4. The number of hydrogen-bond acceptors (Lipinski definition) is 3. The highest BCUT2D eigenvalue weighted by Gasteiger charge is 2.52. The van der Waals surface area contributed by atoms with Gasteiger partial charge in [-0.25, -0.2) is 8.78 Å².